The number of benzene rings is 2. The van der Waals surface area contributed by atoms with Crippen molar-refractivity contribution in [3.63, 3.8) is 0 Å². The van der Waals surface area contributed by atoms with E-state index in [1.54, 1.807) is 12.4 Å². The highest BCUT2D eigenvalue weighted by Gasteiger charge is 2.28. The molecule has 25 heavy (non-hydrogen) atoms. The van der Waals surface area contributed by atoms with E-state index in [0.717, 1.165) is 16.5 Å². The second-order valence-corrected chi connectivity index (χ2v) is 5.82. The summed E-state index contributed by atoms with van der Waals surface area (Å²) in [6, 6.07) is 19.4. The van der Waals surface area contributed by atoms with Gasteiger partial charge in [-0.3, -0.25) is 9.78 Å². The van der Waals surface area contributed by atoms with Crippen molar-refractivity contribution < 1.29 is 9.53 Å². The number of nitrogens with zero attached hydrogens (tertiary/aromatic N) is 3. The molecule has 0 radical (unpaired) electrons. The van der Waals surface area contributed by atoms with Crippen LogP contribution in [-0.2, 0) is 4.79 Å². The lowest BCUT2D eigenvalue weighted by Crippen LogP contribution is -2.31. The summed E-state index contributed by atoms with van der Waals surface area (Å²) in [7, 11) is 0. The Morgan fingerprint density at radius 2 is 1.92 bits per heavy atom. The molecule has 0 saturated heterocycles. The smallest absolute Gasteiger partial charge is 0.281 e. The van der Waals surface area contributed by atoms with Gasteiger partial charge in [0.2, 0.25) is 0 Å². The van der Waals surface area contributed by atoms with Crippen molar-refractivity contribution in [3.05, 3.63) is 72.4 Å². The third-order valence-corrected chi connectivity index (χ3v) is 4.22. The third-order valence-electron chi connectivity index (χ3n) is 4.22. The molecule has 0 N–H and O–H groups in total. The zero-order chi connectivity index (χ0) is 17.1. The van der Waals surface area contributed by atoms with Gasteiger partial charge in [-0.25, -0.2) is 5.01 Å². The van der Waals surface area contributed by atoms with Crippen molar-refractivity contribution >= 4 is 23.0 Å². The van der Waals surface area contributed by atoms with Crippen LogP contribution in [-0.4, -0.2) is 28.7 Å². The van der Waals surface area contributed by atoms with Crippen LogP contribution >= 0.6 is 0 Å². The van der Waals surface area contributed by atoms with E-state index in [4.69, 9.17) is 4.74 Å². The predicted octanol–water partition coefficient (Wildman–Crippen LogP) is 3.57. The van der Waals surface area contributed by atoms with Crippen LogP contribution < -0.4 is 4.74 Å². The molecule has 1 aliphatic rings. The first kappa shape index (κ1) is 15.3. The van der Waals surface area contributed by atoms with Gasteiger partial charge in [-0.05, 0) is 17.7 Å². The maximum Gasteiger partial charge on any atom is 0.281 e. The number of pyridine rings is 1. The summed E-state index contributed by atoms with van der Waals surface area (Å²) in [5.41, 5.74) is 1.82. The molecule has 1 amide bonds. The van der Waals surface area contributed by atoms with E-state index in [2.05, 4.69) is 10.1 Å². The number of carbonyl (C=O) groups is 1. The number of ether oxygens (including phenoxy) is 1. The molecular formula is C20H17N3O2. The van der Waals surface area contributed by atoms with Crippen molar-refractivity contribution in [2.24, 2.45) is 5.10 Å². The van der Waals surface area contributed by atoms with E-state index in [-0.39, 0.29) is 18.6 Å². The number of hydrazone groups is 1. The zero-order valence-corrected chi connectivity index (χ0v) is 13.6. The third kappa shape index (κ3) is 3.08. The number of aromatic nitrogens is 1. The lowest BCUT2D eigenvalue weighted by atomic mass is 10.0. The molecule has 1 aromatic heterocycles. The van der Waals surface area contributed by atoms with Crippen LogP contribution in [0.1, 0.15) is 18.0 Å². The Balaban J connectivity index is 1.49. The summed E-state index contributed by atoms with van der Waals surface area (Å²) in [6.07, 6.45) is 4.20. The fraction of sp³-hybridized carbons (Fsp3) is 0.150. The molecule has 5 nitrogen and oxygen atoms in total. The largest absolute Gasteiger partial charge is 0.481 e. The molecule has 5 heteroatoms. The van der Waals surface area contributed by atoms with Gasteiger partial charge in [-0.15, -0.1) is 0 Å². The van der Waals surface area contributed by atoms with Gasteiger partial charge in [0, 0.05) is 24.2 Å². The van der Waals surface area contributed by atoms with E-state index >= 15 is 0 Å². The first-order chi connectivity index (χ1) is 12.3. The molecule has 1 aliphatic heterocycles. The minimum atomic E-state index is -0.171. The number of rotatable bonds is 4. The van der Waals surface area contributed by atoms with Crippen LogP contribution in [0.4, 0.5) is 0 Å². The van der Waals surface area contributed by atoms with E-state index in [1.165, 1.54) is 5.01 Å². The molecule has 0 saturated carbocycles. The second-order valence-electron chi connectivity index (χ2n) is 5.82. The summed E-state index contributed by atoms with van der Waals surface area (Å²) < 4.78 is 5.75. The van der Waals surface area contributed by atoms with E-state index in [1.807, 2.05) is 60.7 Å². The van der Waals surface area contributed by atoms with Crippen molar-refractivity contribution in [1.29, 1.82) is 0 Å². The van der Waals surface area contributed by atoms with Crippen LogP contribution in [0.2, 0.25) is 0 Å². The van der Waals surface area contributed by atoms with Crippen molar-refractivity contribution in [2.45, 2.75) is 12.5 Å². The Labute approximate surface area is 145 Å². The van der Waals surface area contributed by atoms with Gasteiger partial charge in [-0.2, -0.15) is 5.10 Å². The minimum absolute atomic E-state index is 0.0667. The fourth-order valence-corrected chi connectivity index (χ4v) is 3.00. The van der Waals surface area contributed by atoms with E-state index < -0.39 is 0 Å². The number of carbonyl (C=O) groups excluding carboxylic acids is 1. The highest BCUT2D eigenvalue weighted by molar-refractivity contribution is 5.85. The fourth-order valence-electron chi connectivity index (χ4n) is 3.00. The summed E-state index contributed by atoms with van der Waals surface area (Å²) in [5.74, 6) is 0.432. The number of hydrogen-bond acceptors (Lipinski definition) is 4. The van der Waals surface area contributed by atoms with Crippen molar-refractivity contribution in [3.8, 4) is 5.75 Å². The first-order valence-electron chi connectivity index (χ1n) is 8.19. The Bertz CT molecular complexity index is 919. The Kier molecular flexibility index (Phi) is 4.12. The van der Waals surface area contributed by atoms with Gasteiger partial charge in [0.15, 0.2) is 6.61 Å². The SMILES string of the molecule is O=C(COc1cccc2cccnc12)N1N=CC[C@H]1c1ccccc1. The number of amides is 1. The molecular weight excluding hydrogens is 314 g/mol. The van der Waals surface area contributed by atoms with Crippen LogP contribution in [0.15, 0.2) is 72.0 Å². The highest BCUT2D eigenvalue weighted by atomic mass is 16.5. The number of hydrogen-bond donors (Lipinski definition) is 0. The predicted molar refractivity (Wildman–Crippen MR) is 96.4 cm³/mol. The van der Waals surface area contributed by atoms with Gasteiger partial charge in [0.1, 0.15) is 11.3 Å². The molecule has 2 aromatic carbocycles. The summed E-state index contributed by atoms with van der Waals surface area (Å²) in [4.78, 5) is 16.9. The maximum absolute atomic E-state index is 12.6. The lowest BCUT2D eigenvalue weighted by molar-refractivity contribution is -0.135. The van der Waals surface area contributed by atoms with Crippen LogP contribution in [0.25, 0.3) is 10.9 Å². The van der Waals surface area contributed by atoms with Crippen LogP contribution in [0.5, 0.6) is 5.75 Å². The van der Waals surface area contributed by atoms with Crippen LogP contribution in [0.3, 0.4) is 0 Å². The molecule has 0 unspecified atom stereocenters. The average molecular weight is 331 g/mol. The normalized spacial score (nSPS) is 16.3. The lowest BCUT2D eigenvalue weighted by Gasteiger charge is -2.22. The molecule has 4 rings (SSSR count). The highest BCUT2D eigenvalue weighted by Crippen LogP contribution is 2.28. The molecule has 3 aromatic rings. The molecule has 124 valence electrons. The summed E-state index contributed by atoms with van der Waals surface area (Å²) in [5, 5.41) is 6.72. The van der Waals surface area contributed by atoms with Gasteiger partial charge in [-0.1, -0.05) is 48.5 Å². The topological polar surface area (TPSA) is 54.8 Å². The Hall–Kier alpha value is -3.21. The maximum atomic E-state index is 12.6. The first-order valence-corrected chi connectivity index (χ1v) is 8.19. The second kappa shape index (κ2) is 6.73. The average Bonchev–Trinajstić information content (AvgIpc) is 3.17. The van der Waals surface area contributed by atoms with Crippen molar-refractivity contribution in [1.82, 2.24) is 9.99 Å². The van der Waals surface area contributed by atoms with E-state index in [0.29, 0.717) is 12.2 Å². The van der Waals surface area contributed by atoms with Gasteiger partial charge < -0.3 is 4.74 Å². The zero-order valence-electron chi connectivity index (χ0n) is 13.6. The molecule has 0 aliphatic carbocycles. The molecule has 0 fully saturated rings. The molecule has 2 heterocycles. The monoisotopic (exact) mass is 331 g/mol. The molecule has 0 bridgehead atoms. The summed E-state index contributed by atoms with van der Waals surface area (Å²) >= 11 is 0. The molecule has 1 atom stereocenters. The van der Waals surface area contributed by atoms with Gasteiger partial charge in [0.05, 0.1) is 6.04 Å². The van der Waals surface area contributed by atoms with Gasteiger partial charge in [0.25, 0.3) is 5.91 Å². The minimum Gasteiger partial charge on any atom is -0.481 e. The number of para-hydroxylation sites is 1. The van der Waals surface area contributed by atoms with E-state index in [9.17, 15) is 4.79 Å². The standard InChI is InChI=1S/C20H17N3O2/c24-19(23-17(11-13-22-23)15-6-2-1-3-7-15)14-25-18-10-4-8-16-9-5-12-21-20(16)18/h1-10,12-13,17H,11,14H2/t17-/m0/s1. The van der Waals surface area contributed by atoms with Gasteiger partial charge >= 0.3 is 0 Å². The van der Waals surface area contributed by atoms with Crippen molar-refractivity contribution in [2.75, 3.05) is 6.61 Å². The summed E-state index contributed by atoms with van der Waals surface area (Å²) in [6.45, 7) is -0.0731. The number of fused-ring (bicyclic) bond motifs is 1. The van der Waals surface area contributed by atoms with Crippen LogP contribution in [0, 0.1) is 0 Å². The quantitative estimate of drug-likeness (QED) is 0.734. The Morgan fingerprint density at radius 3 is 2.80 bits per heavy atom. The molecule has 0 spiro atoms. The Morgan fingerprint density at radius 1 is 1.08 bits per heavy atom.